The summed E-state index contributed by atoms with van der Waals surface area (Å²) in [5, 5.41) is 0. The zero-order valence-electron chi connectivity index (χ0n) is 9.48. The van der Waals surface area contributed by atoms with Gasteiger partial charge in [-0.3, -0.25) is 0 Å². The molecule has 15 heavy (non-hydrogen) atoms. The van der Waals surface area contributed by atoms with Gasteiger partial charge in [-0.15, -0.1) is 0 Å². The Bertz CT molecular complexity index is 321. The molecule has 0 amide bonds. The number of nitrogens with zero attached hydrogens (tertiary/aromatic N) is 2. The summed E-state index contributed by atoms with van der Waals surface area (Å²) >= 11 is 0. The van der Waals surface area contributed by atoms with Crippen LogP contribution in [0, 0.1) is 11.3 Å². The van der Waals surface area contributed by atoms with E-state index in [0.29, 0.717) is 11.3 Å². The Morgan fingerprint density at radius 2 is 2.07 bits per heavy atom. The van der Waals surface area contributed by atoms with Gasteiger partial charge in [0.25, 0.3) is 0 Å². The molecular weight excluding hydrogens is 186 g/mol. The van der Waals surface area contributed by atoms with E-state index in [1.165, 1.54) is 19.3 Å². The second kappa shape index (κ2) is 3.89. The number of aromatic nitrogens is 2. The highest BCUT2D eigenvalue weighted by molar-refractivity contribution is 5.12. The highest BCUT2D eigenvalue weighted by Gasteiger charge is 2.38. The number of nitrogens with two attached hydrogens (primary N) is 1. The fraction of sp³-hybridized carbons (Fsp3) is 0.667. The monoisotopic (exact) mass is 205 g/mol. The van der Waals surface area contributed by atoms with Crippen molar-refractivity contribution in [3.05, 3.63) is 24.3 Å². The molecule has 0 radical (unpaired) electrons. The smallest absolute Gasteiger partial charge is 0.115 e. The maximum absolute atomic E-state index is 6.30. The van der Waals surface area contributed by atoms with Crippen molar-refractivity contribution in [2.24, 2.45) is 17.1 Å². The SMILES string of the molecule is CC1(C)CCCC1C(N)c1cncnc1. The Labute approximate surface area is 91.1 Å². The van der Waals surface area contributed by atoms with Crippen molar-refractivity contribution < 1.29 is 0 Å². The minimum absolute atomic E-state index is 0.0868. The Balaban J connectivity index is 2.18. The maximum Gasteiger partial charge on any atom is 0.115 e. The molecule has 0 bridgehead atoms. The molecular formula is C12H19N3. The standard InChI is InChI=1S/C12H19N3/c1-12(2)5-3-4-10(12)11(13)9-6-14-8-15-7-9/h6-8,10-11H,3-5,13H2,1-2H3. The van der Waals surface area contributed by atoms with Gasteiger partial charge >= 0.3 is 0 Å². The lowest BCUT2D eigenvalue weighted by molar-refractivity contribution is 0.221. The lowest BCUT2D eigenvalue weighted by Gasteiger charge is -2.31. The second-order valence-corrected chi connectivity index (χ2v) is 5.18. The van der Waals surface area contributed by atoms with Gasteiger partial charge in [0, 0.05) is 24.0 Å². The summed E-state index contributed by atoms with van der Waals surface area (Å²) in [6.45, 7) is 4.63. The summed E-state index contributed by atoms with van der Waals surface area (Å²) in [5.74, 6) is 0.559. The van der Waals surface area contributed by atoms with Gasteiger partial charge in [-0.1, -0.05) is 20.3 Å². The van der Waals surface area contributed by atoms with Crippen molar-refractivity contribution in [2.75, 3.05) is 0 Å². The van der Waals surface area contributed by atoms with Crippen LogP contribution in [-0.2, 0) is 0 Å². The van der Waals surface area contributed by atoms with Crippen molar-refractivity contribution in [3.8, 4) is 0 Å². The highest BCUT2D eigenvalue weighted by atomic mass is 14.8. The molecule has 0 saturated heterocycles. The molecule has 1 aliphatic rings. The molecule has 1 saturated carbocycles. The third-order valence-corrected chi connectivity index (χ3v) is 3.74. The van der Waals surface area contributed by atoms with Crippen LogP contribution in [0.3, 0.4) is 0 Å². The lowest BCUT2D eigenvalue weighted by atomic mass is 9.76. The predicted octanol–water partition coefficient (Wildman–Crippen LogP) is 2.30. The zero-order valence-corrected chi connectivity index (χ0v) is 9.48. The van der Waals surface area contributed by atoms with Crippen LogP contribution in [0.25, 0.3) is 0 Å². The van der Waals surface area contributed by atoms with Crippen LogP contribution >= 0.6 is 0 Å². The molecule has 0 aliphatic heterocycles. The molecule has 3 nitrogen and oxygen atoms in total. The van der Waals surface area contributed by atoms with E-state index in [1.54, 1.807) is 6.33 Å². The van der Waals surface area contributed by atoms with Gasteiger partial charge in [0.05, 0.1) is 0 Å². The molecule has 2 atom stereocenters. The minimum atomic E-state index is 0.0868. The third kappa shape index (κ3) is 2.02. The molecule has 1 aromatic heterocycles. The van der Waals surface area contributed by atoms with E-state index in [2.05, 4.69) is 23.8 Å². The van der Waals surface area contributed by atoms with Gasteiger partial charge in [-0.2, -0.15) is 0 Å². The second-order valence-electron chi connectivity index (χ2n) is 5.18. The average molecular weight is 205 g/mol. The fourth-order valence-electron chi connectivity index (χ4n) is 2.73. The molecule has 1 aliphatic carbocycles. The minimum Gasteiger partial charge on any atom is -0.324 e. The summed E-state index contributed by atoms with van der Waals surface area (Å²) in [6.07, 6.45) is 9.02. The Morgan fingerprint density at radius 3 is 2.60 bits per heavy atom. The Morgan fingerprint density at radius 1 is 1.40 bits per heavy atom. The average Bonchev–Trinajstić information content (AvgIpc) is 2.58. The van der Waals surface area contributed by atoms with Crippen molar-refractivity contribution in [1.82, 2.24) is 9.97 Å². The first-order valence-electron chi connectivity index (χ1n) is 5.62. The molecule has 1 heterocycles. The first-order valence-corrected chi connectivity index (χ1v) is 5.62. The predicted molar refractivity (Wildman–Crippen MR) is 60.1 cm³/mol. The van der Waals surface area contributed by atoms with Crippen LogP contribution in [0.1, 0.15) is 44.7 Å². The van der Waals surface area contributed by atoms with Crippen molar-refractivity contribution in [2.45, 2.75) is 39.2 Å². The first-order chi connectivity index (χ1) is 7.11. The van der Waals surface area contributed by atoms with Crippen molar-refractivity contribution >= 4 is 0 Å². The van der Waals surface area contributed by atoms with Gasteiger partial charge < -0.3 is 5.73 Å². The number of rotatable bonds is 2. The largest absolute Gasteiger partial charge is 0.324 e. The summed E-state index contributed by atoms with van der Waals surface area (Å²) in [7, 11) is 0. The third-order valence-electron chi connectivity index (χ3n) is 3.74. The molecule has 2 rings (SSSR count). The van der Waals surface area contributed by atoms with E-state index >= 15 is 0 Å². The molecule has 3 heteroatoms. The Kier molecular flexibility index (Phi) is 2.74. The van der Waals surface area contributed by atoms with Gasteiger partial charge in [-0.05, 0) is 24.2 Å². The molecule has 82 valence electrons. The molecule has 0 spiro atoms. The van der Waals surface area contributed by atoms with Crippen molar-refractivity contribution in [3.63, 3.8) is 0 Å². The summed E-state index contributed by atoms with van der Waals surface area (Å²) < 4.78 is 0. The van der Waals surface area contributed by atoms with E-state index in [4.69, 9.17) is 5.73 Å². The topological polar surface area (TPSA) is 51.8 Å². The molecule has 1 aromatic rings. The molecule has 2 unspecified atom stereocenters. The molecule has 1 fully saturated rings. The van der Waals surface area contributed by atoms with E-state index in [-0.39, 0.29) is 6.04 Å². The zero-order chi connectivity index (χ0) is 10.9. The quantitative estimate of drug-likeness (QED) is 0.806. The van der Waals surface area contributed by atoms with Crippen molar-refractivity contribution in [1.29, 1.82) is 0 Å². The van der Waals surface area contributed by atoms with Crippen LogP contribution in [0.2, 0.25) is 0 Å². The maximum atomic E-state index is 6.30. The van der Waals surface area contributed by atoms with Crippen LogP contribution < -0.4 is 5.73 Å². The van der Waals surface area contributed by atoms with Gasteiger partial charge in [-0.25, -0.2) is 9.97 Å². The molecule has 2 N–H and O–H groups in total. The van der Waals surface area contributed by atoms with Gasteiger partial charge in [0.15, 0.2) is 0 Å². The van der Waals surface area contributed by atoms with Crippen LogP contribution in [0.5, 0.6) is 0 Å². The number of hydrogen-bond acceptors (Lipinski definition) is 3. The van der Waals surface area contributed by atoms with E-state index in [0.717, 1.165) is 5.56 Å². The van der Waals surface area contributed by atoms with Gasteiger partial charge in [0.2, 0.25) is 0 Å². The first kappa shape index (κ1) is 10.6. The number of hydrogen-bond donors (Lipinski definition) is 1. The highest BCUT2D eigenvalue weighted by Crippen LogP contribution is 2.47. The van der Waals surface area contributed by atoms with Crippen LogP contribution in [-0.4, -0.2) is 9.97 Å². The van der Waals surface area contributed by atoms with E-state index in [1.807, 2.05) is 12.4 Å². The normalized spacial score (nSPS) is 26.5. The fourth-order valence-corrected chi connectivity index (χ4v) is 2.73. The summed E-state index contributed by atoms with van der Waals surface area (Å²) in [4.78, 5) is 8.07. The summed E-state index contributed by atoms with van der Waals surface area (Å²) in [6, 6.07) is 0.0868. The van der Waals surface area contributed by atoms with Gasteiger partial charge in [0.1, 0.15) is 6.33 Å². The Hall–Kier alpha value is -0.960. The summed E-state index contributed by atoms with van der Waals surface area (Å²) in [5.41, 5.74) is 7.72. The van der Waals surface area contributed by atoms with Crippen LogP contribution in [0.15, 0.2) is 18.7 Å². The molecule has 0 aromatic carbocycles. The van der Waals surface area contributed by atoms with E-state index in [9.17, 15) is 0 Å². The lowest BCUT2D eigenvalue weighted by Crippen LogP contribution is -2.29. The van der Waals surface area contributed by atoms with E-state index < -0.39 is 0 Å². The van der Waals surface area contributed by atoms with Crippen LogP contribution in [0.4, 0.5) is 0 Å².